The second-order valence-corrected chi connectivity index (χ2v) is 5.90. The van der Waals surface area contributed by atoms with Gasteiger partial charge in [0.2, 0.25) is 10.0 Å². The molecule has 1 amide bonds. The molecule has 19 heavy (non-hydrogen) atoms. The number of nitrogens with two attached hydrogens (primary N) is 1. The highest BCUT2D eigenvalue weighted by Crippen LogP contribution is 2.13. The number of amides is 1. The van der Waals surface area contributed by atoms with Gasteiger partial charge in [-0.25, -0.2) is 13.6 Å². The zero-order valence-electron chi connectivity index (χ0n) is 11.1. The SMILES string of the molecule is COC(C)CNC(=O)c1cc(C)cc(S(N)(=O)=O)c1. The molecule has 7 heteroatoms. The molecule has 1 rings (SSSR count). The molecule has 6 nitrogen and oxygen atoms in total. The van der Waals surface area contributed by atoms with Crippen LogP contribution in [-0.4, -0.2) is 34.1 Å². The molecule has 0 spiro atoms. The van der Waals surface area contributed by atoms with Crippen molar-refractivity contribution in [2.75, 3.05) is 13.7 Å². The Balaban J connectivity index is 2.95. The van der Waals surface area contributed by atoms with Crippen molar-refractivity contribution in [3.63, 3.8) is 0 Å². The number of methoxy groups -OCH3 is 1. The number of carbonyl (C=O) groups is 1. The van der Waals surface area contributed by atoms with Crippen molar-refractivity contribution in [3.05, 3.63) is 29.3 Å². The Morgan fingerprint density at radius 3 is 2.58 bits per heavy atom. The van der Waals surface area contributed by atoms with E-state index in [-0.39, 0.29) is 22.5 Å². The number of hydrogen-bond acceptors (Lipinski definition) is 4. The molecule has 106 valence electrons. The standard InChI is InChI=1S/C12H18N2O4S/c1-8-4-10(6-11(5-8)19(13,16)17)12(15)14-7-9(2)18-3/h4-6,9H,7H2,1-3H3,(H,14,15)(H2,13,16,17). The lowest BCUT2D eigenvalue weighted by atomic mass is 10.1. The molecule has 0 aliphatic rings. The summed E-state index contributed by atoms with van der Waals surface area (Å²) >= 11 is 0. The third-order valence-electron chi connectivity index (χ3n) is 2.59. The Kier molecular flexibility index (Phi) is 5.04. The van der Waals surface area contributed by atoms with Crippen LogP contribution in [-0.2, 0) is 14.8 Å². The fourth-order valence-electron chi connectivity index (χ4n) is 1.47. The van der Waals surface area contributed by atoms with Crippen LogP contribution in [0.15, 0.2) is 23.1 Å². The largest absolute Gasteiger partial charge is 0.380 e. The maximum atomic E-state index is 11.9. The Morgan fingerprint density at radius 1 is 1.42 bits per heavy atom. The van der Waals surface area contributed by atoms with Crippen LogP contribution in [0.4, 0.5) is 0 Å². The number of benzene rings is 1. The topological polar surface area (TPSA) is 98.5 Å². The minimum atomic E-state index is -3.82. The van der Waals surface area contributed by atoms with E-state index in [0.717, 1.165) is 0 Å². The van der Waals surface area contributed by atoms with Crippen molar-refractivity contribution in [2.45, 2.75) is 24.8 Å². The van der Waals surface area contributed by atoms with E-state index < -0.39 is 10.0 Å². The van der Waals surface area contributed by atoms with Gasteiger partial charge in [0.25, 0.3) is 5.91 Å². The van der Waals surface area contributed by atoms with Gasteiger partial charge in [-0.2, -0.15) is 0 Å². The average Bonchev–Trinajstić information content (AvgIpc) is 2.33. The van der Waals surface area contributed by atoms with Crippen molar-refractivity contribution in [3.8, 4) is 0 Å². The molecular formula is C12H18N2O4S. The van der Waals surface area contributed by atoms with E-state index in [0.29, 0.717) is 12.1 Å². The fourth-order valence-corrected chi connectivity index (χ4v) is 2.11. The number of ether oxygens (including phenoxy) is 1. The van der Waals surface area contributed by atoms with Crippen LogP contribution in [0.25, 0.3) is 0 Å². The predicted molar refractivity (Wildman–Crippen MR) is 71.4 cm³/mol. The molecular weight excluding hydrogens is 268 g/mol. The number of rotatable bonds is 5. The summed E-state index contributed by atoms with van der Waals surface area (Å²) in [6.45, 7) is 3.85. The molecule has 1 aromatic rings. The van der Waals surface area contributed by atoms with Gasteiger partial charge in [-0.15, -0.1) is 0 Å². The molecule has 1 aromatic carbocycles. The van der Waals surface area contributed by atoms with E-state index in [1.54, 1.807) is 20.1 Å². The summed E-state index contributed by atoms with van der Waals surface area (Å²) in [7, 11) is -2.28. The van der Waals surface area contributed by atoms with Gasteiger partial charge in [-0.05, 0) is 37.6 Å². The molecule has 0 fully saturated rings. The summed E-state index contributed by atoms with van der Waals surface area (Å²) in [6, 6.07) is 4.28. The number of primary sulfonamides is 1. The molecule has 0 saturated heterocycles. The zero-order valence-corrected chi connectivity index (χ0v) is 12.0. The molecule has 0 heterocycles. The van der Waals surface area contributed by atoms with Crippen molar-refractivity contribution >= 4 is 15.9 Å². The monoisotopic (exact) mass is 286 g/mol. The number of carbonyl (C=O) groups excluding carboxylic acids is 1. The summed E-state index contributed by atoms with van der Waals surface area (Å²) in [4.78, 5) is 11.8. The van der Waals surface area contributed by atoms with Gasteiger partial charge in [-0.3, -0.25) is 4.79 Å². The molecule has 0 saturated carbocycles. The van der Waals surface area contributed by atoms with Gasteiger partial charge < -0.3 is 10.1 Å². The maximum Gasteiger partial charge on any atom is 0.251 e. The van der Waals surface area contributed by atoms with Gasteiger partial charge in [0, 0.05) is 19.2 Å². The Labute approximate surface area is 113 Å². The summed E-state index contributed by atoms with van der Waals surface area (Å²) in [5.41, 5.74) is 0.906. The first-order valence-corrected chi connectivity index (χ1v) is 7.24. The van der Waals surface area contributed by atoms with Crippen molar-refractivity contribution in [2.24, 2.45) is 5.14 Å². The molecule has 0 aromatic heterocycles. The van der Waals surface area contributed by atoms with Crippen LogP contribution >= 0.6 is 0 Å². The molecule has 0 radical (unpaired) electrons. The van der Waals surface area contributed by atoms with Gasteiger partial charge in [0.1, 0.15) is 0 Å². The van der Waals surface area contributed by atoms with Crippen LogP contribution in [0.1, 0.15) is 22.8 Å². The minimum absolute atomic E-state index is 0.0718. The third kappa shape index (κ3) is 4.62. The molecule has 3 N–H and O–H groups in total. The first-order chi connectivity index (χ1) is 8.74. The summed E-state index contributed by atoms with van der Waals surface area (Å²) < 4.78 is 27.6. The van der Waals surface area contributed by atoms with E-state index in [1.807, 2.05) is 6.92 Å². The quantitative estimate of drug-likeness (QED) is 0.819. The van der Waals surface area contributed by atoms with Crippen LogP contribution in [0, 0.1) is 6.92 Å². The summed E-state index contributed by atoms with van der Waals surface area (Å²) in [5.74, 6) is -0.363. The second-order valence-electron chi connectivity index (χ2n) is 4.34. The van der Waals surface area contributed by atoms with Gasteiger partial charge in [0.05, 0.1) is 11.0 Å². The van der Waals surface area contributed by atoms with Crippen molar-refractivity contribution in [1.82, 2.24) is 5.32 Å². The first kappa shape index (κ1) is 15.6. The van der Waals surface area contributed by atoms with Crippen molar-refractivity contribution in [1.29, 1.82) is 0 Å². The van der Waals surface area contributed by atoms with E-state index in [4.69, 9.17) is 9.88 Å². The molecule has 0 aliphatic carbocycles. The molecule has 0 aliphatic heterocycles. The number of aryl methyl sites for hydroxylation is 1. The Hall–Kier alpha value is -1.44. The van der Waals surface area contributed by atoms with E-state index in [9.17, 15) is 13.2 Å². The van der Waals surface area contributed by atoms with Crippen molar-refractivity contribution < 1.29 is 17.9 Å². The lowest BCUT2D eigenvalue weighted by Gasteiger charge is -2.11. The fraction of sp³-hybridized carbons (Fsp3) is 0.417. The van der Waals surface area contributed by atoms with Crippen LogP contribution in [0.5, 0.6) is 0 Å². The van der Waals surface area contributed by atoms with Crippen LogP contribution in [0.2, 0.25) is 0 Å². The molecule has 1 atom stereocenters. The number of nitrogens with one attached hydrogen (secondary N) is 1. The number of hydrogen-bond donors (Lipinski definition) is 2. The van der Waals surface area contributed by atoms with Gasteiger partial charge in [0.15, 0.2) is 0 Å². The highest BCUT2D eigenvalue weighted by atomic mass is 32.2. The zero-order chi connectivity index (χ0) is 14.6. The van der Waals surface area contributed by atoms with Crippen LogP contribution < -0.4 is 10.5 Å². The summed E-state index contributed by atoms with van der Waals surface area (Å²) in [5, 5.41) is 7.71. The van der Waals surface area contributed by atoms with E-state index >= 15 is 0 Å². The normalized spacial score (nSPS) is 13.1. The minimum Gasteiger partial charge on any atom is -0.380 e. The average molecular weight is 286 g/mol. The van der Waals surface area contributed by atoms with Gasteiger partial charge >= 0.3 is 0 Å². The molecule has 1 unspecified atom stereocenters. The smallest absolute Gasteiger partial charge is 0.251 e. The maximum absolute atomic E-state index is 11.9. The van der Waals surface area contributed by atoms with E-state index in [1.165, 1.54) is 12.1 Å². The number of sulfonamides is 1. The lowest BCUT2D eigenvalue weighted by Crippen LogP contribution is -2.31. The second kappa shape index (κ2) is 6.14. The predicted octanol–water partition coefficient (Wildman–Crippen LogP) is 0.407. The first-order valence-electron chi connectivity index (χ1n) is 5.69. The lowest BCUT2D eigenvalue weighted by molar-refractivity contribution is 0.0870. The summed E-state index contributed by atoms with van der Waals surface area (Å²) in [6.07, 6.45) is -0.119. The Morgan fingerprint density at radius 2 is 2.05 bits per heavy atom. The Bertz CT molecular complexity index is 569. The highest BCUT2D eigenvalue weighted by Gasteiger charge is 2.14. The molecule has 0 bridgehead atoms. The van der Waals surface area contributed by atoms with Crippen LogP contribution in [0.3, 0.4) is 0 Å². The third-order valence-corrected chi connectivity index (χ3v) is 3.49. The van der Waals surface area contributed by atoms with E-state index in [2.05, 4.69) is 5.32 Å². The van der Waals surface area contributed by atoms with Gasteiger partial charge in [-0.1, -0.05) is 0 Å². The highest BCUT2D eigenvalue weighted by molar-refractivity contribution is 7.89.